The number of aryl methyl sites for hydroxylation is 2. The summed E-state index contributed by atoms with van der Waals surface area (Å²) in [6, 6.07) is 13.9. The summed E-state index contributed by atoms with van der Waals surface area (Å²) >= 11 is 1.58. The fourth-order valence-corrected chi connectivity index (χ4v) is 3.43. The second kappa shape index (κ2) is 8.76. The molecule has 2 aromatic heterocycles. The van der Waals surface area contributed by atoms with Crippen molar-refractivity contribution in [2.24, 2.45) is 7.05 Å². The van der Waals surface area contributed by atoms with Gasteiger partial charge in [0, 0.05) is 25.5 Å². The highest BCUT2D eigenvalue weighted by Crippen LogP contribution is 2.22. The topological polar surface area (TPSA) is 60.1 Å². The molecule has 0 aliphatic carbocycles. The lowest BCUT2D eigenvalue weighted by molar-refractivity contribution is 0.0909. The van der Waals surface area contributed by atoms with Gasteiger partial charge in [-0.3, -0.25) is 4.79 Å². The minimum atomic E-state index is -0.168. The molecule has 26 heavy (non-hydrogen) atoms. The minimum Gasteiger partial charge on any atom is -0.455 e. The number of hydrogen-bond acceptors (Lipinski definition) is 4. The standard InChI is InChI=1S/C20H23N3O2S/c1-15(8-9-16-6-4-3-5-7-16)22-19(24)18-11-10-17(25-18)14-26-20-21-12-13-23(20)2/h3-7,10-13,15H,8-9,14H2,1-2H3,(H,22,24). The van der Waals surface area contributed by atoms with Crippen LogP contribution in [0.15, 0.2) is 64.4 Å². The van der Waals surface area contributed by atoms with Gasteiger partial charge in [0.25, 0.3) is 5.91 Å². The van der Waals surface area contributed by atoms with Gasteiger partial charge in [-0.1, -0.05) is 42.1 Å². The first kappa shape index (κ1) is 18.3. The predicted molar refractivity (Wildman–Crippen MR) is 103 cm³/mol. The molecule has 136 valence electrons. The second-order valence-corrected chi connectivity index (χ2v) is 7.22. The van der Waals surface area contributed by atoms with E-state index >= 15 is 0 Å². The van der Waals surface area contributed by atoms with Gasteiger partial charge in [-0.15, -0.1) is 0 Å². The second-order valence-electron chi connectivity index (χ2n) is 6.27. The zero-order chi connectivity index (χ0) is 18.4. The molecule has 0 aliphatic heterocycles. The zero-order valence-corrected chi connectivity index (χ0v) is 15.8. The number of nitrogens with zero attached hydrogens (tertiary/aromatic N) is 2. The van der Waals surface area contributed by atoms with Crippen molar-refractivity contribution in [3.8, 4) is 0 Å². The summed E-state index contributed by atoms with van der Waals surface area (Å²) in [4.78, 5) is 16.6. The predicted octanol–water partition coefficient (Wildman–Crippen LogP) is 4.06. The molecular weight excluding hydrogens is 346 g/mol. The quantitative estimate of drug-likeness (QED) is 0.609. The Morgan fingerprint density at radius 1 is 1.27 bits per heavy atom. The van der Waals surface area contributed by atoms with Gasteiger partial charge < -0.3 is 14.3 Å². The van der Waals surface area contributed by atoms with E-state index in [0.29, 0.717) is 11.5 Å². The van der Waals surface area contributed by atoms with Crippen LogP contribution in [-0.4, -0.2) is 21.5 Å². The number of carbonyl (C=O) groups is 1. The number of nitrogens with one attached hydrogen (secondary N) is 1. The van der Waals surface area contributed by atoms with Gasteiger partial charge in [-0.2, -0.15) is 0 Å². The van der Waals surface area contributed by atoms with Crippen LogP contribution >= 0.6 is 11.8 Å². The lowest BCUT2D eigenvalue weighted by Gasteiger charge is -2.12. The zero-order valence-electron chi connectivity index (χ0n) is 15.0. The van der Waals surface area contributed by atoms with Crippen molar-refractivity contribution >= 4 is 17.7 Å². The summed E-state index contributed by atoms with van der Waals surface area (Å²) in [7, 11) is 1.95. The average molecular weight is 369 g/mol. The molecule has 0 fully saturated rings. The molecule has 0 radical (unpaired) electrons. The summed E-state index contributed by atoms with van der Waals surface area (Å²) in [5, 5.41) is 3.92. The maximum Gasteiger partial charge on any atom is 0.287 e. The van der Waals surface area contributed by atoms with Gasteiger partial charge >= 0.3 is 0 Å². The Kier molecular flexibility index (Phi) is 6.17. The van der Waals surface area contributed by atoms with Gasteiger partial charge in [0.1, 0.15) is 5.76 Å². The molecule has 6 heteroatoms. The van der Waals surface area contributed by atoms with Crippen LogP contribution in [-0.2, 0) is 19.2 Å². The van der Waals surface area contributed by atoms with Crippen molar-refractivity contribution < 1.29 is 9.21 Å². The van der Waals surface area contributed by atoms with Crippen LogP contribution in [0.2, 0.25) is 0 Å². The first-order valence-corrected chi connectivity index (χ1v) is 9.64. The van der Waals surface area contributed by atoms with Gasteiger partial charge in [-0.05, 0) is 37.5 Å². The number of hydrogen-bond donors (Lipinski definition) is 1. The average Bonchev–Trinajstić information content (AvgIpc) is 3.28. The maximum absolute atomic E-state index is 12.3. The fourth-order valence-electron chi connectivity index (χ4n) is 2.60. The Hall–Kier alpha value is -2.47. The number of benzene rings is 1. The Labute approximate surface area is 157 Å². The smallest absolute Gasteiger partial charge is 0.287 e. The molecule has 3 aromatic rings. The normalized spacial score (nSPS) is 12.1. The molecule has 0 aliphatic rings. The molecule has 0 saturated heterocycles. The van der Waals surface area contributed by atoms with Crippen LogP contribution in [0.25, 0.3) is 0 Å². The van der Waals surface area contributed by atoms with E-state index in [4.69, 9.17) is 4.42 Å². The van der Waals surface area contributed by atoms with Crippen molar-refractivity contribution in [3.05, 3.63) is 71.9 Å². The van der Waals surface area contributed by atoms with Gasteiger partial charge in [0.2, 0.25) is 0 Å². The molecule has 3 rings (SSSR count). The lowest BCUT2D eigenvalue weighted by atomic mass is 10.1. The van der Waals surface area contributed by atoms with E-state index in [2.05, 4.69) is 22.4 Å². The number of amides is 1. The van der Waals surface area contributed by atoms with Gasteiger partial charge in [0.05, 0.1) is 5.75 Å². The number of thioether (sulfide) groups is 1. The number of furan rings is 1. The summed E-state index contributed by atoms with van der Waals surface area (Å²) in [6.45, 7) is 2.02. The highest BCUT2D eigenvalue weighted by atomic mass is 32.2. The SMILES string of the molecule is CC(CCc1ccccc1)NC(=O)c1ccc(CSc2nccn2C)o1. The summed E-state index contributed by atoms with van der Waals surface area (Å²) < 4.78 is 7.63. The molecule has 5 nitrogen and oxygen atoms in total. The number of aromatic nitrogens is 2. The monoisotopic (exact) mass is 369 g/mol. The molecule has 0 saturated carbocycles. The largest absolute Gasteiger partial charge is 0.455 e. The van der Waals surface area contributed by atoms with E-state index in [1.54, 1.807) is 24.0 Å². The Morgan fingerprint density at radius 2 is 2.08 bits per heavy atom. The molecule has 1 amide bonds. The summed E-state index contributed by atoms with van der Waals surface area (Å²) in [5.74, 6) is 1.59. The van der Waals surface area contributed by atoms with Crippen LogP contribution in [0.1, 0.15) is 35.2 Å². The van der Waals surface area contributed by atoms with Crippen molar-refractivity contribution in [2.45, 2.75) is 36.7 Å². The van der Waals surface area contributed by atoms with Crippen LogP contribution in [0.5, 0.6) is 0 Å². The van der Waals surface area contributed by atoms with Crippen LogP contribution in [0.3, 0.4) is 0 Å². The molecule has 0 spiro atoms. The van der Waals surface area contributed by atoms with Crippen LogP contribution in [0, 0.1) is 0 Å². The van der Waals surface area contributed by atoms with Crippen LogP contribution < -0.4 is 5.32 Å². The van der Waals surface area contributed by atoms with Gasteiger partial charge in [-0.25, -0.2) is 4.98 Å². The Morgan fingerprint density at radius 3 is 2.81 bits per heavy atom. The van der Waals surface area contributed by atoms with E-state index in [0.717, 1.165) is 23.8 Å². The third kappa shape index (κ3) is 5.02. The molecule has 1 aromatic carbocycles. The third-order valence-corrected chi connectivity index (χ3v) is 5.17. The van der Waals surface area contributed by atoms with Crippen LogP contribution in [0.4, 0.5) is 0 Å². The lowest BCUT2D eigenvalue weighted by Crippen LogP contribution is -2.32. The highest BCUT2D eigenvalue weighted by Gasteiger charge is 2.14. The van der Waals surface area contributed by atoms with E-state index in [1.165, 1.54) is 5.56 Å². The summed E-state index contributed by atoms with van der Waals surface area (Å²) in [6.07, 6.45) is 5.49. The van der Waals surface area contributed by atoms with E-state index in [-0.39, 0.29) is 11.9 Å². The first-order valence-electron chi connectivity index (χ1n) is 8.65. The number of imidazole rings is 1. The molecule has 2 heterocycles. The van der Waals surface area contributed by atoms with Crippen molar-refractivity contribution in [3.63, 3.8) is 0 Å². The van der Waals surface area contributed by atoms with Crippen molar-refractivity contribution in [1.82, 2.24) is 14.9 Å². The number of rotatable bonds is 8. The third-order valence-electron chi connectivity index (χ3n) is 4.09. The molecule has 1 N–H and O–H groups in total. The Bertz CT molecular complexity index is 842. The van der Waals surface area contributed by atoms with Crippen molar-refractivity contribution in [1.29, 1.82) is 0 Å². The first-order chi connectivity index (χ1) is 12.6. The van der Waals surface area contributed by atoms with Crippen molar-refractivity contribution in [2.75, 3.05) is 0 Å². The van der Waals surface area contributed by atoms with E-state index in [9.17, 15) is 4.79 Å². The summed E-state index contributed by atoms with van der Waals surface area (Å²) in [5.41, 5.74) is 1.28. The molecule has 1 unspecified atom stereocenters. The molecule has 1 atom stereocenters. The molecule has 0 bridgehead atoms. The Balaban J connectivity index is 1.47. The highest BCUT2D eigenvalue weighted by molar-refractivity contribution is 7.98. The maximum atomic E-state index is 12.3. The fraction of sp³-hybridized carbons (Fsp3) is 0.300. The van der Waals surface area contributed by atoms with Gasteiger partial charge in [0.15, 0.2) is 10.9 Å². The van der Waals surface area contributed by atoms with E-state index < -0.39 is 0 Å². The number of carbonyl (C=O) groups excluding carboxylic acids is 1. The van der Waals surface area contributed by atoms with E-state index in [1.807, 2.05) is 49.0 Å². The minimum absolute atomic E-state index is 0.0817. The molecular formula is C20H23N3O2S.